The lowest BCUT2D eigenvalue weighted by atomic mass is 9.44. The topological polar surface area (TPSA) is 104 Å². The molecule has 0 unspecified atom stereocenters. The van der Waals surface area contributed by atoms with E-state index in [-0.39, 0.29) is 5.96 Å². The summed E-state index contributed by atoms with van der Waals surface area (Å²) in [6, 6.07) is 0. The molecule has 7 atom stereocenters. The summed E-state index contributed by atoms with van der Waals surface area (Å²) in [5.74, 6) is 3.34. The van der Waals surface area contributed by atoms with Crippen molar-refractivity contribution < 1.29 is 9.94 Å². The van der Waals surface area contributed by atoms with Gasteiger partial charge in [-0.3, -0.25) is 5.41 Å². The first-order valence-electron chi connectivity index (χ1n) is 12.9. The Labute approximate surface area is 193 Å². The highest BCUT2D eigenvalue weighted by Crippen LogP contribution is 2.66. The summed E-state index contributed by atoms with van der Waals surface area (Å²) in [6.45, 7) is 6.21. The summed E-state index contributed by atoms with van der Waals surface area (Å²) in [7, 11) is 0. The van der Waals surface area contributed by atoms with Crippen molar-refractivity contribution in [1.29, 1.82) is 5.41 Å². The predicted octanol–water partition coefficient (Wildman–Crippen LogP) is 4.58. The Morgan fingerprint density at radius 2 is 2.00 bits per heavy atom. The van der Waals surface area contributed by atoms with Crippen molar-refractivity contribution in [2.24, 2.45) is 45.4 Å². The van der Waals surface area contributed by atoms with Gasteiger partial charge < -0.3 is 21.0 Å². The van der Waals surface area contributed by atoms with Gasteiger partial charge in [-0.25, -0.2) is 0 Å². The van der Waals surface area contributed by atoms with Crippen LogP contribution >= 0.6 is 0 Å². The molecule has 0 heterocycles. The number of rotatable bonds is 7. The van der Waals surface area contributed by atoms with Crippen LogP contribution in [0.1, 0.15) is 84.5 Å². The van der Waals surface area contributed by atoms with Crippen molar-refractivity contribution in [3.8, 4) is 0 Å². The van der Waals surface area contributed by atoms with Gasteiger partial charge in [-0.15, -0.1) is 0 Å². The first-order chi connectivity index (χ1) is 15.3. The maximum atomic E-state index is 11.3. The quantitative estimate of drug-likeness (QED) is 0.200. The van der Waals surface area contributed by atoms with E-state index in [2.05, 4.69) is 24.3 Å². The van der Waals surface area contributed by atoms with Gasteiger partial charge in [0.25, 0.3) is 0 Å². The summed E-state index contributed by atoms with van der Waals surface area (Å²) >= 11 is 0. The van der Waals surface area contributed by atoms with Crippen molar-refractivity contribution in [2.75, 3.05) is 13.2 Å². The zero-order valence-electron chi connectivity index (χ0n) is 20.1. The summed E-state index contributed by atoms with van der Waals surface area (Å²) < 4.78 is 0. The molecule has 0 spiro atoms. The first kappa shape index (κ1) is 23.6. The molecule has 180 valence electrons. The number of nitrogens with one attached hydrogen (secondary N) is 2. The van der Waals surface area contributed by atoms with E-state index >= 15 is 0 Å². The molecule has 4 aliphatic rings. The van der Waals surface area contributed by atoms with Crippen LogP contribution in [0.5, 0.6) is 0 Å². The molecule has 0 amide bonds. The molecule has 0 bridgehead atoms. The molecule has 4 fully saturated rings. The fourth-order valence-corrected chi connectivity index (χ4v) is 8.13. The van der Waals surface area contributed by atoms with Crippen molar-refractivity contribution in [3.05, 3.63) is 12.2 Å². The third-order valence-corrected chi connectivity index (χ3v) is 9.90. The van der Waals surface area contributed by atoms with Crippen LogP contribution in [0.25, 0.3) is 0 Å². The van der Waals surface area contributed by atoms with Crippen molar-refractivity contribution in [2.45, 2.75) is 90.1 Å². The molecule has 4 aliphatic carbocycles. The molecule has 0 aliphatic heterocycles. The summed E-state index contributed by atoms with van der Waals surface area (Å²) in [6.07, 6.45) is 18.9. The second-order valence-corrected chi connectivity index (χ2v) is 11.7. The van der Waals surface area contributed by atoms with Crippen molar-refractivity contribution >= 4 is 12.2 Å². The van der Waals surface area contributed by atoms with E-state index in [4.69, 9.17) is 16.0 Å². The van der Waals surface area contributed by atoms with Gasteiger partial charge in [-0.1, -0.05) is 31.5 Å². The minimum absolute atomic E-state index is 0.0257. The highest BCUT2D eigenvalue weighted by atomic mass is 16.6. The van der Waals surface area contributed by atoms with Crippen LogP contribution in [0.2, 0.25) is 0 Å². The van der Waals surface area contributed by atoms with Gasteiger partial charge in [-0.05, 0) is 98.4 Å². The van der Waals surface area contributed by atoms with Crippen LogP contribution in [0, 0.1) is 39.9 Å². The number of guanidine groups is 1. The molecule has 0 aromatic carbocycles. The molecule has 4 rings (SSSR count). The van der Waals surface area contributed by atoms with Gasteiger partial charge in [0.2, 0.25) is 0 Å². The zero-order chi connectivity index (χ0) is 22.8. The van der Waals surface area contributed by atoms with Crippen LogP contribution in [0.15, 0.2) is 17.3 Å². The second-order valence-electron chi connectivity index (χ2n) is 11.7. The molecular formula is C26H44N4O2. The standard InChI is InChI=1S/C26H44N4O2/c1-24-10-3-6-21(24)20-8-7-19-18-26(31,14-13-25(19,2)22(20)9-12-24)11-4-16-30-32-17-5-15-29-23(27)28/h4,11,16,19-22,31H,3,5-10,12-15,17-18H2,1-2H3,(H4,27,28,29)/b11-4+,30-16+/t19-,20+,21+,22+,24+,25+,26+/m1/s1. The Kier molecular flexibility index (Phi) is 6.90. The Morgan fingerprint density at radius 1 is 1.16 bits per heavy atom. The molecule has 5 N–H and O–H groups in total. The Bertz CT molecular complexity index is 739. The molecule has 6 heteroatoms. The number of oxime groups is 1. The van der Waals surface area contributed by atoms with Crippen molar-refractivity contribution in [1.82, 2.24) is 5.32 Å². The van der Waals surface area contributed by atoms with Crippen LogP contribution in [-0.4, -0.2) is 36.0 Å². The number of aliphatic hydroxyl groups is 1. The molecule has 6 nitrogen and oxygen atoms in total. The predicted molar refractivity (Wildman–Crippen MR) is 129 cm³/mol. The number of nitrogens with two attached hydrogens (primary N) is 1. The van der Waals surface area contributed by atoms with E-state index in [1.165, 1.54) is 44.9 Å². The average Bonchev–Trinajstić information content (AvgIpc) is 3.15. The van der Waals surface area contributed by atoms with Crippen LogP contribution in [0.4, 0.5) is 0 Å². The Hall–Kier alpha value is -1.56. The van der Waals surface area contributed by atoms with Crippen LogP contribution in [-0.2, 0) is 4.84 Å². The lowest BCUT2D eigenvalue weighted by molar-refractivity contribution is -0.135. The van der Waals surface area contributed by atoms with Gasteiger partial charge in [0.15, 0.2) is 5.96 Å². The fourth-order valence-electron chi connectivity index (χ4n) is 8.13. The highest BCUT2D eigenvalue weighted by molar-refractivity contribution is 5.74. The number of fused-ring (bicyclic) bond motifs is 5. The van der Waals surface area contributed by atoms with Crippen LogP contribution < -0.4 is 11.1 Å². The smallest absolute Gasteiger partial charge is 0.185 e. The third-order valence-electron chi connectivity index (χ3n) is 9.90. The van der Waals surface area contributed by atoms with E-state index in [0.29, 0.717) is 29.9 Å². The lowest BCUT2D eigenvalue weighted by Crippen LogP contribution is -2.55. The van der Waals surface area contributed by atoms with Crippen molar-refractivity contribution in [3.63, 3.8) is 0 Å². The molecule has 0 radical (unpaired) electrons. The maximum Gasteiger partial charge on any atom is 0.185 e. The number of nitrogens with zero attached hydrogens (tertiary/aromatic N) is 1. The molecule has 0 aromatic heterocycles. The average molecular weight is 445 g/mol. The van der Waals surface area contributed by atoms with E-state index in [1.54, 1.807) is 6.21 Å². The van der Waals surface area contributed by atoms with Gasteiger partial charge in [0.1, 0.15) is 6.61 Å². The van der Waals surface area contributed by atoms with Crippen LogP contribution in [0.3, 0.4) is 0 Å². The van der Waals surface area contributed by atoms with E-state index < -0.39 is 5.60 Å². The summed E-state index contributed by atoms with van der Waals surface area (Å²) in [5.41, 5.74) is 5.53. The normalized spacial score (nSPS) is 43.6. The summed E-state index contributed by atoms with van der Waals surface area (Å²) in [5, 5.41) is 25.1. The first-order valence-corrected chi connectivity index (χ1v) is 12.9. The van der Waals surface area contributed by atoms with E-state index in [0.717, 1.165) is 43.4 Å². The minimum atomic E-state index is -0.717. The lowest BCUT2D eigenvalue weighted by Gasteiger charge is -2.61. The number of allylic oxidation sites excluding steroid dienone is 1. The SMILES string of the molecule is C[C@@]12CCC[C@H]1[C@@H]1CC[C@@H]3C[C@](O)(/C=C/C=N/OCCCNC(=N)N)CC[C@]3(C)[C@H]1CC2. The summed E-state index contributed by atoms with van der Waals surface area (Å²) in [4.78, 5) is 5.23. The molecule has 32 heavy (non-hydrogen) atoms. The van der Waals surface area contributed by atoms with E-state index in [9.17, 15) is 5.11 Å². The number of hydrogen-bond acceptors (Lipinski definition) is 4. The fraction of sp³-hybridized carbons (Fsp3) is 0.846. The highest BCUT2D eigenvalue weighted by Gasteiger charge is 2.58. The second kappa shape index (κ2) is 9.36. The van der Waals surface area contributed by atoms with Gasteiger partial charge in [-0.2, -0.15) is 0 Å². The molecule has 4 saturated carbocycles. The largest absolute Gasteiger partial charge is 0.396 e. The Balaban J connectivity index is 1.29. The molecule has 0 saturated heterocycles. The minimum Gasteiger partial charge on any atom is -0.396 e. The Morgan fingerprint density at radius 3 is 2.81 bits per heavy atom. The van der Waals surface area contributed by atoms with Gasteiger partial charge in [0.05, 0.1) is 11.8 Å². The monoisotopic (exact) mass is 444 g/mol. The van der Waals surface area contributed by atoms with Gasteiger partial charge >= 0.3 is 0 Å². The molecule has 0 aromatic rings. The maximum absolute atomic E-state index is 11.3. The van der Waals surface area contributed by atoms with E-state index in [1.807, 2.05) is 12.2 Å². The zero-order valence-corrected chi connectivity index (χ0v) is 20.1. The third kappa shape index (κ3) is 4.71. The van der Waals surface area contributed by atoms with Gasteiger partial charge in [0, 0.05) is 13.0 Å². The molecular weight excluding hydrogens is 400 g/mol. The number of hydrogen-bond donors (Lipinski definition) is 4.